The molecule has 1 aliphatic carbocycles. The highest BCUT2D eigenvalue weighted by atomic mass is 32.2. The molecule has 3 atom stereocenters. The lowest BCUT2D eigenvalue weighted by Gasteiger charge is -2.32. The summed E-state index contributed by atoms with van der Waals surface area (Å²) >= 11 is 0. The Bertz CT molecular complexity index is 252. The molecule has 2 rings (SSSR count). The third-order valence-electron chi connectivity index (χ3n) is 3.98. The van der Waals surface area contributed by atoms with Crippen LogP contribution in [0.2, 0.25) is 0 Å². The second-order valence-corrected chi connectivity index (χ2v) is 6.96. The van der Waals surface area contributed by atoms with Crippen molar-refractivity contribution in [3.05, 3.63) is 0 Å². The first-order valence-electron chi connectivity index (χ1n) is 6.99. The zero-order valence-electron chi connectivity index (χ0n) is 10.8. The van der Waals surface area contributed by atoms with Gasteiger partial charge in [-0.25, -0.2) is 0 Å². The first-order chi connectivity index (χ1) is 8.31. The molecule has 0 radical (unpaired) electrons. The fourth-order valence-corrected chi connectivity index (χ4v) is 4.89. The maximum atomic E-state index is 12.4. The summed E-state index contributed by atoms with van der Waals surface area (Å²) in [6.07, 6.45) is 6.24. The largest absolute Gasteiger partial charge is 0.380 e. The molecule has 0 amide bonds. The summed E-state index contributed by atoms with van der Waals surface area (Å²) in [5.74, 6) is 1.61. The summed E-state index contributed by atoms with van der Waals surface area (Å²) in [6.45, 7) is 4.57. The van der Waals surface area contributed by atoms with Gasteiger partial charge in [-0.2, -0.15) is 0 Å². The van der Waals surface area contributed by atoms with Crippen LogP contribution in [0.5, 0.6) is 0 Å². The summed E-state index contributed by atoms with van der Waals surface area (Å²) < 4.78 is 17.9. The molecule has 3 nitrogen and oxygen atoms in total. The van der Waals surface area contributed by atoms with Crippen molar-refractivity contribution in [2.45, 2.75) is 50.3 Å². The van der Waals surface area contributed by atoms with Crippen molar-refractivity contribution in [3.8, 4) is 0 Å². The van der Waals surface area contributed by atoms with E-state index in [0.717, 1.165) is 25.3 Å². The van der Waals surface area contributed by atoms with E-state index in [9.17, 15) is 4.21 Å². The summed E-state index contributed by atoms with van der Waals surface area (Å²) in [7, 11) is -0.715. The van der Waals surface area contributed by atoms with Crippen LogP contribution in [0.25, 0.3) is 0 Å². The average Bonchev–Trinajstić information content (AvgIpc) is 2.83. The van der Waals surface area contributed by atoms with Gasteiger partial charge >= 0.3 is 0 Å². The molecule has 1 aliphatic heterocycles. The fourth-order valence-electron chi connectivity index (χ4n) is 3.00. The van der Waals surface area contributed by atoms with E-state index in [4.69, 9.17) is 4.74 Å². The van der Waals surface area contributed by atoms with Gasteiger partial charge in [0.05, 0.1) is 11.9 Å². The number of nitrogens with one attached hydrogen (secondary N) is 1. The second-order valence-electron chi connectivity index (χ2n) is 5.26. The minimum absolute atomic E-state index is 0.212. The van der Waals surface area contributed by atoms with Crippen LogP contribution in [0.15, 0.2) is 0 Å². The summed E-state index contributed by atoms with van der Waals surface area (Å²) in [5.41, 5.74) is 0. The van der Waals surface area contributed by atoms with E-state index in [1.165, 1.54) is 25.7 Å². The maximum absolute atomic E-state index is 12.4. The van der Waals surface area contributed by atoms with E-state index in [-0.39, 0.29) is 5.25 Å². The molecule has 1 N–H and O–H groups in total. The fraction of sp³-hybridized carbons (Fsp3) is 1.00. The summed E-state index contributed by atoms with van der Waals surface area (Å²) in [5, 5.41) is 3.68. The van der Waals surface area contributed by atoms with Crippen LogP contribution in [-0.4, -0.2) is 41.0 Å². The molecule has 1 saturated heterocycles. The normalized spacial score (nSPS) is 32.8. The van der Waals surface area contributed by atoms with Crippen LogP contribution in [0.4, 0.5) is 0 Å². The Hall–Kier alpha value is 0.0700. The van der Waals surface area contributed by atoms with Crippen LogP contribution in [0, 0.1) is 5.92 Å². The lowest BCUT2D eigenvalue weighted by molar-refractivity contribution is 0.0824. The highest BCUT2D eigenvalue weighted by molar-refractivity contribution is 7.85. The molecular weight excluding hydrogens is 234 g/mol. The topological polar surface area (TPSA) is 38.3 Å². The van der Waals surface area contributed by atoms with Gasteiger partial charge in [0.25, 0.3) is 0 Å². The van der Waals surface area contributed by atoms with Crippen molar-refractivity contribution >= 4 is 10.8 Å². The molecule has 0 spiro atoms. The summed E-state index contributed by atoms with van der Waals surface area (Å²) in [6, 6.07) is 0.399. The molecule has 2 fully saturated rings. The van der Waals surface area contributed by atoms with Crippen LogP contribution in [-0.2, 0) is 15.5 Å². The van der Waals surface area contributed by atoms with Gasteiger partial charge < -0.3 is 10.1 Å². The Labute approximate surface area is 107 Å². The molecule has 0 aromatic carbocycles. The van der Waals surface area contributed by atoms with Gasteiger partial charge in [0.15, 0.2) is 0 Å². The Kier molecular flexibility index (Phi) is 5.45. The first kappa shape index (κ1) is 13.5. The van der Waals surface area contributed by atoms with Gasteiger partial charge in [-0.05, 0) is 31.7 Å². The van der Waals surface area contributed by atoms with E-state index in [2.05, 4.69) is 12.2 Å². The van der Waals surface area contributed by atoms with Crippen molar-refractivity contribution in [1.29, 1.82) is 0 Å². The van der Waals surface area contributed by atoms with E-state index in [1.54, 1.807) is 0 Å². The monoisotopic (exact) mass is 259 g/mol. The molecule has 2 aliphatic rings. The molecule has 0 aromatic rings. The minimum atomic E-state index is -0.715. The van der Waals surface area contributed by atoms with E-state index < -0.39 is 10.8 Å². The molecule has 0 aromatic heterocycles. The van der Waals surface area contributed by atoms with E-state index in [0.29, 0.717) is 18.6 Å². The third-order valence-corrected chi connectivity index (χ3v) is 5.92. The van der Waals surface area contributed by atoms with Crippen LogP contribution < -0.4 is 5.32 Å². The van der Waals surface area contributed by atoms with Crippen molar-refractivity contribution in [2.24, 2.45) is 5.92 Å². The van der Waals surface area contributed by atoms with Gasteiger partial charge in [0, 0.05) is 29.2 Å². The lowest BCUT2D eigenvalue weighted by atomic mass is 10.1. The number of rotatable bonds is 5. The highest BCUT2D eigenvalue weighted by Gasteiger charge is 2.31. The van der Waals surface area contributed by atoms with Crippen LogP contribution in [0.3, 0.4) is 0 Å². The smallest absolute Gasteiger partial charge is 0.0735 e. The lowest BCUT2D eigenvalue weighted by Crippen LogP contribution is -2.49. The number of hydrogen-bond donors (Lipinski definition) is 1. The molecule has 100 valence electrons. The molecule has 1 heterocycles. The zero-order chi connectivity index (χ0) is 12.1. The Morgan fingerprint density at radius 1 is 1.29 bits per heavy atom. The van der Waals surface area contributed by atoms with Crippen LogP contribution in [0.1, 0.15) is 39.0 Å². The predicted molar refractivity (Wildman–Crippen MR) is 71.7 cm³/mol. The van der Waals surface area contributed by atoms with E-state index in [1.807, 2.05) is 0 Å². The highest BCUT2D eigenvalue weighted by Crippen LogP contribution is 2.27. The molecule has 3 unspecified atom stereocenters. The van der Waals surface area contributed by atoms with Gasteiger partial charge in [-0.1, -0.05) is 19.8 Å². The Morgan fingerprint density at radius 3 is 2.76 bits per heavy atom. The number of ether oxygens (including phenoxy) is 1. The van der Waals surface area contributed by atoms with Crippen molar-refractivity contribution in [2.75, 3.05) is 25.5 Å². The minimum Gasteiger partial charge on any atom is -0.380 e. The standard InChI is InChI=1S/C13H25NO2S/c1-2-14-12-7-8-16-9-13(12)17(15)10-11-5-3-4-6-11/h11-14H,2-10H2,1H3. The van der Waals surface area contributed by atoms with Gasteiger partial charge in [0.1, 0.15) is 0 Å². The average molecular weight is 259 g/mol. The van der Waals surface area contributed by atoms with Gasteiger partial charge in [-0.3, -0.25) is 4.21 Å². The Balaban J connectivity index is 1.86. The quantitative estimate of drug-likeness (QED) is 0.816. The molecule has 4 heteroatoms. The number of hydrogen-bond acceptors (Lipinski definition) is 3. The third kappa shape index (κ3) is 3.76. The molecular formula is C13H25NO2S. The predicted octanol–water partition coefficient (Wildman–Crippen LogP) is 1.69. The van der Waals surface area contributed by atoms with Gasteiger partial charge in [0.2, 0.25) is 0 Å². The zero-order valence-corrected chi connectivity index (χ0v) is 11.6. The summed E-state index contributed by atoms with van der Waals surface area (Å²) in [4.78, 5) is 0. The van der Waals surface area contributed by atoms with Gasteiger partial charge in [-0.15, -0.1) is 0 Å². The van der Waals surface area contributed by atoms with Crippen LogP contribution >= 0.6 is 0 Å². The SMILES string of the molecule is CCNC1CCOCC1S(=O)CC1CCCC1. The van der Waals surface area contributed by atoms with E-state index >= 15 is 0 Å². The maximum Gasteiger partial charge on any atom is 0.0735 e. The molecule has 0 bridgehead atoms. The van der Waals surface area contributed by atoms with Crippen molar-refractivity contribution in [1.82, 2.24) is 5.32 Å². The first-order valence-corrected chi connectivity index (χ1v) is 8.37. The molecule has 17 heavy (non-hydrogen) atoms. The van der Waals surface area contributed by atoms with Crippen molar-refractivity contribution in [3.63, 3.8) is 0 Å². The molecule has 1 saturated carbocycles. The Morgan fingerprint density at radius 2 is 2.06 bits per heavy atom. The second kappa shape index (κ2) is 6.86. The van der Waals surface area contributed by atoms with Crippen molar-refractivity contribution < 1.29 is 8.95 Å².